The van der Waals surface area contributed by atoms with Gasteiger partial charge in [0.25, 0.3) is 10.2 Å². The normalized spacial score (nSPS) is 39.6. The van der Waals surface area contributed by atoms with Gasteiger partial charge in [0, 0.05) is 13.1 Å². The summed E-state index contributed by atoms with van der Waals surface area (Å²) in [6.45, 7) is 1.89. The maximum atomic E-state index is 11.0. The number of hydrogen-bond acceptors (Lipinski definition) is 3. The molecule has 0 amide bonds. The van der Waals surface area contributed by atoms with Crippen LogP contribution in [0, 0.1) is 11.8 Å². The second kappa shape index (κ2) is 2.66. The lowest BCUT2D eigenvalue weighted by atomic mass is 10.4. The van der Waals surface area contributed by atoms with Gasteiger partial charge in [0.05, 0.1) is 0 Å². The highest BCUT2D eigenvalue weighted by Gasteiger charge is 2.54. The fraction of sp³-hybridized carbons (Fsp3) is 1.00. The summed E-state index contributed by atoms with van der Waals surface area (Å²) in [7, 11) is -1.81. The van der Waals surface area contributed by atoms with Crippen molar-refractivity contribution in [3.8, 4) is 0 Å². The highest BCUT2D eigenvalue weighted by atomic mass is 32.2. The molecule has 3 N–H and O–H groups in total. The Balaban J connectivity index is 1.91. The smallest absolute Gasteiger partial charge is 0.276 e. The van der Waals surface area contributed by atoms with Gasteiger partial charge in [0.1, 0.15) is 0 Å². The molecule has 1 saturated carbocycles. The second-order valence-corrected chi connectivity index (χ2v) is 4.99. The van der Waals surface area contributed by atoms with E-state index in [0.29, 0.717) is 11.8 Å². The van der Waals surface area contributed by atoms with Crippen LogP contribution in [-0.2, 0) is 10.2 Å². The van der Waals surface area contributed by atoms with E-state index in [0.717, 1.165) is 13.1 Å². The van der Waals surface area contributed by atoms with Gasteiger partial charge in [-0.3, -0.25) is 0 Å². The first-order valence-electron chi connectivity index (χ1n) is 4.05. The molecule has 0 bridgehead atoms. The Bertz CT molecular complexity index is 267. The summed E-state index contributed by atoms with van der Waals surface area (Å²) in [4.78, 5) is 0. The zero-order chi connectivity index (χ0) is 8.77. The minimum absolute atomic E-state index is 0.170. The molecule has 2 rings (SSSR count). The Labute approximate surface area is 72.1 Å². The summed E-state index contributed by atoms with van der Waals surface area (Å²) in [6, 6.07) is 0.170. The van der Waals surface area contributed by atoms with E-state index >= 15 is 0 Å². The predicted molar refractivity (Wildman–Crippen MR) is 44.8 cm³/mol. The number of piperidine rings is 1. The number of rotatable bonds is 3. The monoisotopic (exact) mass is 191 g/mol. The zero-order valence-corrected chi connectivity index (χ0v) is 7.69. The van der Waals surface area contributed by atoms with Crippen LogP contribution in [0.25, 0.3) is 0 Å². The predicted octanol–water partition coefficient (Wildman–Crippen LogP) is -1.74. The maximum absolute atomic E-state index is 11.0. The molecule has 2 atom stereocenters. The quantitative estimate of drug-likeness (QED) is 0.496. The van der Waals surface area contributed by atoms with Gasteiger partial charge in [0.15, 0.2) is 0 Å². The molecule has 1 heterocycles. The van der Waals surface area contributed by atoms with E-state index in [1.54, 1.807) is 0 Å². The number of hydrogen-bond donors (Lipinski definition) is 3. The summed E-state index contributed by atoms with van der Waals surface area (Å²) in [5, 5.41) is 3.20. The first kappa shape index (κ1) is 8.43. The van der Waals surface area contributed by atoms with E-state index in [9.17, 15) is 8.42 Å². The largest absolute Gasteiger partial charge is 0.316 e. The van der Waals surface area contributed by atoms with Crippen molar-refractivity contribution in [2.45, 2.75) is 6.04 Å². The minimum Gasteiger partial charge on any atom is -0.316 e. The van der Waals surface area contributed by atoms with Gasteiger partial charge < -0.3 is 5.32 Å². The van der Waals surface area contributed by atoms with Crippen molar-refractivity contribution in [1.82, 2.24) is 14.8 Å². The van der Waals surface area contributed by atoms with E-state index in [1.165, 1.54) is 7.05 Å². The van der Waals surface area contributed by atoms with E-state index < -0.39 is 10.2 Å². The molecular formula is C6H13N3O2S. The van der Waals surface area contributed by atoms with Crippen molar-refractivity contribution in [3.63, 3.8) is 0 Å². The number of nitrogens with one attached hydrogen (secondary N) is 3. The molecule has 2 unspecified atom stereocenters. The average Bonchev–Trinajstić information content (AvgIpc) is 2.51. The highest BCUT2D eigenvalue weighted by molar-refractivity contribution is 7.87. The molecule has 2 aliphatic rings. The van der Waals surface area contributed by atoms with Crippen molar-refractivity contribution in [2.24, 2.45) is 11.8 Å². The van der Waals surface area contributed by atoms with Crippen LogP contribution in [0.5, 0.6) is 0 Å². The highest BCUT2D eigenvalue weighted by Crippen LogP contribution is 2.41. The summed E-state index contributed by atoms with van der Waals surface area (Å²) >= 11 is 0. The molecule has 12 heavy (non-hydrogen) atoms. The van der Waals surface area contributed by atoms with E-state index in [1.807, 2.05) is 0 Å². The topological polar surface area (TPSA) is 70.2 Å². The molecule has 1 saturated heterocycles. The van der Waals surface area contributed by atoms with E-state index in [4.69, 9.17) is 0 Å². The van der Waals surface area contributed by atoms with Gasteiger partial charge in [-0.1, -0.05) is 0 Å². The third kappa shape index (κ3) is 1.35. The molecule has 0 aromatic rings. The molecule has 1 aliphatic heterocycles. The Kier molecular flexibility index (Phi) is 1.87. The molecule has 6 heteroatoms. The zero-order valence-electron chi connectivity index (χ0n) is 6.87. The van der Waals surface area contributed by atoms with Crippen LogP contribution in [0.3, 0.4) is 0 Å². The molecule has 2 fully saturated rings. The van der Waals surface area contributed by atoms with E-state index in [2.05, 4.69) is 14.8 Å². The summed E-state index contributed by atoms with van der Waals surface area (Å²) < 4.78 is 26.9. The SMILES string of the molecule is CNS(=O)(=O)NC1C2CNCC21. The van der Waals surface area contributed by atoms with Crippen molar-refractivity contribution >= 4 is 10.2 Å². The van der Waals surface area contributed by atoms with Gasteiger partial charge in [-0.05, 0) is 24.9 Å². The first-order valence-corrected chi connectivity index (χ1v) is 5.54. The molecular weight excluding hydrogens is 178 g/mol. The van der Waals surface area contributed by atoms with Gasteiger partial charge in [-0.25, -0.2) is 4.72 Å². The molecule has 0 spiro atoms. The summed E-state index contributed by atoms with van der Waals surface area (Å²) in [5.74, 6) is 1.04. The first-order chi connectivity index (χ1) is 5.64. The Morgan fingerprint density at radius 1 is 1.33 bits per heavy atom. The molecule has 0 aromatic heterocycles. The van der Waals surface area contributed by atoms with Gasteiger partial charge in [0.2, 0.25) is 0 Å². The summed E-state index contributed by atoms with van der Waals surface area (Å²) in [5.41, 5.74) is 0. The molecule has 5 nitrogen and oxygen atoms in total. The van der Waals surface area contributed by atoms with Gasteiger partial charge in [-0.15, -0.1) is 0 Å². The lowest BCUT2D eigenvalue weighted by Crippen LogP contribution is -2.38. The third-order valence-corrected chi connectivity index (χ3v) is 3.77. The van der Waals surface area contributed by atoms with Crippen LogP contribution in [0.4, 0.5) is 0 Å². The summed E-state index contributed by atoms with van der Waals surface area (Å²) in [6.07, 6.45) is 0. The fourth-order valence-electron chi connectivity index (χ4n) is 1.83. The Morgan fingerprint density at radius 3 is 2.42 bits per heavy atom. The lowest BCUT2D eigenvalue weighted by molar-refractivity contribution is 0.557. The number of fused-ring (bicyclic) bond motifs is 1. The van der Waals surface area contributed by atoms with Crippen LogP contribution < -0.4 is 14.8 Å². The fourth-order valence-corrected chi connectivity index (χ4v) is 2.66. The standard InChI is InChI=1S/C6H13N3O2S/c1-7-12(10,11)9-6-4-2-8-3-5(4)6/h4-9H,2-3H2,1H3. The van der Waals surface area contributed by atoms with Crippen LogP contribution in [0.1, 0.15) is 0 Å². The minimum atomic E-state index is -3.23. The Morgan fingerprint density at radius 2 is 1.92 bits per heavy atom. The van der Waals surface area contributed by atoms with Crippen LogP contribution >= 0.6 is 0 Å². The third-order valence-electron chi connectivity index (χ3n) is 2.65. The van der Waals surface area contributed by atoms with Crippen LogP contribution in [0.15, 0.2) is 0 Å². The van der Waals surface area contributed by atoms with Crippen LogP contribution in [-0.4, -0.2) is 34.6 Å². The molecule has 0 aromatic carbocycles. The second-order valence-electron chi connectivity index (χ2n) is 3.34. The van der Waals surface area contributed by atoms with Crippen molar-refractivity contribution in [2.75, 3.05) is 20.1 Å². The molecule has 70 valence electrons. The Hall–Kier alpha value is -0.170. The van der Waals surface area contributed by atoms with Crippen LogP contribution in [0.2, 0.25) is 0 Å². The van der Waals surface area contributed by atoms with Gasteiger partial charge >= 0.3 is 0 Å². The molecule has 1 aliphatic carbocycles. The van der Waals surface area contributed by atoms with Gasteiger partial charge in [-0.2, -0.15) is 13.1 Å². The van der Waals surface area contributed by atoms with E-state index in [-0.39, 0.29) is 6.04 Å². The average molecular weight is 191 g/mol. The van der Waals surface area contributed by atoms with Crippen molar-refractivity contribution in [1.29, 1.82) is 0 Å². The molecule has 0 radical (unpaired) electrons. The van der Waals surface area contributed by atoms with Crippen molar-refractivity contribution in [3.05, 3.63) is 0 Å². The van der Waals surface area contributed by atoms with Crippen molar-refractivity contribution < 1.29 is 8.42 Å². The maximum Gasteiger partial charge on any atom is 0.276 e. The lowest BCUT2D eigenvalue weighted by Gasteiger charge is -2.06.